The highest BCUT2D eigenvalue weighted by Gasteiger charge is 2.05. The van der Waals surface area contributed by atoms with E-state index in [0.717, 1.165) is 26.1 Å². The third-order valence-electron chi connectivity index (χ3n) is 2.53. The number of hydrogen-bond donors (Lipinski definition) is 0. The molecule has 0 spiro atoms. The lowest BCUT2D eigenvalue weighted by molar-refractivity contribution is 0.381. The molecule has 0 aliphatic carbocycles. The van der Waals surface area contributed by atoms with Gasteiger partial charge in [-0.2, -0.15) is 5.10 Å². The van der Waals surface area contributed by atoms with Crippen LogP contribution in [0, 0.1) is 0 Å². The van der Waals surface area contributed by atoms with Crippen molar-refractivity contribution in [3.8, 4) is 0 Å². The van der Waals surface area contributed by atoms with E-state index in [1.165, 1.54) is 5.82 Å². The van der Waals surface area contributed by atoms with E-state index in [2.05, 4.69) is 53.7 Å². The number of anilines is 1. The fourth-order valence-electron chi connectivity index (χ4n) is 1.52. The second kappa shape index (κ2) is 5.75. The van der Waals surface area contributed by atoms with E-state index in [1.54, 1.807) is 0 Å². The lowest BCUT2D eigenvalue weighted by atomic mass is 10.4. The van der Waals surface area contributed by atoms with E-state index in [9.17, 15) is 0 Å². The fraction of sp³-hybridized carbons (Fsp3) is 0.727. The molecule has 0 amide bonds. The Balaban J connectivity index is 2.50. The highest BCUT2D eigenvalue weighted by atomic mass is 15.4. The van der Waals surface area contributed by atoms with E-state index in [1.807, 2.05) is 6.20 Å². The maximum atomic E-state index is 4.34. The summed E-state index contributed by atoms with van der Waals surface area (Å²) in [5.74, 6) is 1.20. The molecule has 0 atom stereocenters. The van der Waals surface area contributed by atoms with Gasteiger partial charge < -0.3 is 9.80 Å². The van der Waals surface area contributed by atoms with Crippen molar-refractivity contribution < 1.29 is 0 Å². The molecule has 1 rings (SSSR count). The van der Waals surface area contributed by atoms with Gasteiger partial charge in [-0.3, -0.25) is 0 Å². The van der Waals surface area contributed by atoms with Crippen LogP contribution in [-0.2, 0) is 6.54 Å². The molecule has 0 fully saturated rings. The van der Waals surface area contributed by atoms with Gasteiger partial charge in [-0.25, -0.2) is 4.68 Å². The lowest BCUT2D eigenvalue weighted by Gasteiger charge is -2.18. The zero-order valence-corrected chi connectivity index (χ0v) is 10.3. The summed E-state index contributed by atoms with van der Waals surface area (Å²) >= 11 is 0. The Morgan fingerprint density at radius 2 is 2.07 bits per heavy atom. The summed E-state index contributed by atoms with van der Waals surface area (Å²) in [6.45, 7) is 5.26. The summed E-state index contributed by atoms with van der Waals surface area (Å²) < 4.78 is 2.08. The van der Waals surface area contributed by atoms with Gasteiger partial charge in [-0.15, -0.1) is 0 Å². The van der Waals surface area contributed by atoms with Gasteiger partial charge in [0.25, 0.3) is 0 Å². The van der Waals surface area contributed by atoms with Crippen molar-refractivity contribution in [2.75, 3.05) is 39.1 Å². The first kappa shape index (κ1) is 12.0. The van der Waals surface area contributed by atoms with E-state index in [0.29, 0.717) is 0 Å². The van der Waals surface area contributed by atoms with Crippen molar-refractivity contribution in [2.24, 2.45) is 0 Å². The molecule has 86 valence electrons. The molecule has 0 unspecified atom stereocenters. The number of hydrogen-bond acceptors (Lipinski definition) is 3. The number of aryl methyl sites for hydroxylation is 1. The van der Waals surface area contributed by atoms with Gasteiger partial charge in [-0.1, -0.05) is 0 Å². The quantitative estimate of drug-likeness (QED) is 0.707. The molecule has 1 aromatic rings. The molecule has 1 aromatic heterocycles. The van der Waals surface area contributed by atoms with Crippen molar-refractivity contribution in [3.05, 3.63) is 12.3 Å². The largest absolute Gasteiger partial charge is 0.360 e. The first-order chi connectivity index (χ1) is 7.15. The molecule has 4 heteroatoms. The summed E-state index contributed by atoms with van der Waals surface area (Å²) in [4.78, 5) is 4.41. The lowest BCUT2D eigenvalue weighted by Crippen LogP contribution is -2.21. The maximum Gasteiger partial charge on any atom is 0.126 e. The molecular weight excluding hydrogens is 188 g/mol. The Kier molecular flexibility index (Phi) is 4.62. The zero-order valence-electron chi connectivity index (χ0n) is 10.3. The van der Waals surface area contributed by atoms with Crippen LogP contribution in [0.15, 0.2) is 12.3 Å². The van der Waals surface area contributed by atoms with Crippen molar-refractivity contribution in [3.63, 3.8) is 0 Å². The minimum atomic E-state index is 0.991. The molecular formula is C11H22N4. The van der Waals surface area contributed by atoms with Gasteiger partial charge in [0.1, 0.15) is 5.82 Å². The molecule has 0 N–H and O–H groups in total. The van der Waals surface area contributed by atoms with Gasteiger partial charge in [0.05, 0.1) is 6.20 Å². The molecule has 1 heterocycles. The molecule has 4 nitrogen and oxygen atoms in total. The fourth-order valence-corrected chi connectivity index (χ4v) is 1.52. The first-order valence-corrected chi connectivity index (χ1v) is 5.52. The topological polar surface area (TPSA) is 24.3 Å². The Labute approximate surface area is 92.5 Å². The second-order valence-electron chi connectivity index (χ2n) is 4.08. The van der Waals surface area contributed by atoms with Crippen LogP contribution in [0.3, 0.4) is 0 Å². The van der Waals surface area contributed by atoms with E-state index in [4.69, 9.17) is 0 Å². The third kappa shape index (κ3) is 3.55. The van der Waals surface area contributed by atoms with Crippen molar-refractivity contribution >= 4 is 5.82 Å². The van der Waals surface area contributed by atoms with Crippen molar-refractivity contribution in [1.29, 1.82) is 0 Å². The average Bonchev–Trinajstić information content (AvgIpc) is 2.64. The molecule has 0 radical (unpaired) electrons. The van der Waals surface area contributed by atoms with Crippen LogP contribution < -0.4 is 4.90 Å². The molecule has 0 aliphatic heterocycles. The summed E-state index contributed by atoms with van der Waals surface area (Å²) in [6, 6.07) is 2.07. The smallest absolute Gasteiger partial charge is 0.126 e. The molecule has 15 heavy (non-hydrogen) atoms. The normalized spacial score (nSPS) is 11.0. The predicted molar refractivity (Wildman–Crippen MR) is 64.3 cm³/mol. The molecule has 0 saturated heterocycles. The minimum Gasteiger partial charge on any atom is -0.360 e. The van der Waals surface area contributed by atoms with Gasteiger partial charge >= 0.3 is 0 Å². The predicted octanol–water partition coefficient (Wildman–Crippen LogP) is 1.29. The average molecular weight is 210 g/mol. The standard InChI is InChI=1S/C11H22N4/c1-5-14(4)11-7-8-12-15(11)10-6-9-13(2)3/h7-8H,5-6,9-10H2,1-4H3. The Bertz CT molecular complexity index is 280. The van der Waals surface area contributed by atoms with Gasteiger partial charge in [-0.05, 0) is 34.0 Å². The van der Waals surface area contributed by atoms with Gasteiger partial charge in [0.15, 0.2) is 0 Å². The van der Waals surface area contributed by atoms with E-state index in [-0.39, 0.29) is 0 Å². The number of rotatable bonds is 6. The van der Waals surface area contributed by atoms with Crippen LogP contribution in [0.1, 0.15) is 13.3 Å². The summed E-state index contributed by atoms with van der Waals surface area (Å²) in [5, 5.41) is 4.34. The van der Waals surface area contributed by atoms with Crippen LogP contribution in [0.25, 0.3) is 0 Å². The van der Waals surface area contributed by atoms with Gasteiger partial charge in [0, 0.05) is 26.2 Å². The Morgan fingerprint density at radius 3 is 2.67 bits per heavy atom. The SMILES string of the molecule is CCN(C)c1ccnn1CCCN(C)C. The second-order valence-corrected chi connectivity index (χ2v) is 4.08. The molecule has 0 saturated carbocycles. The third-order valence-corrected chi connectivity index (χ3v) is 2.53. The van der Waals surface area contributed by atoms with Crippen molar-refractivity contribution in [1.82, 2.24) is 14.7 Å². The summed E-state index contributed by atoms with van der Waals surface area (Å²) in [6.07, 6.45) is 3.01. The molecule has 0 bridgehead atoms. The minimum absolute atomic E-state index is 0.991. The van der Waals surface area contributed by atoms with Crippen molar-refractivity contribution in [2.45, 2.75) is 19.9 Å². The van der Waals surface area contributed by atoms with Crippen LogP contribution >= 0.6 is 0 Å². The van der Waals surface area contributed by atoms with Crippen LogP contribution in [-0.4, -0.2) is 48.9 Å². The highest BCUT2D eigenvalue weighted by molar-refractivity contribution is 5.36. The number of aromatic nitrogens is 2. The summed E-state index contributed by atoms with van der Waals surface area (Å²) in [7, 11) is 6.30. The Morgan fingerprint density at radius 1 is 1.33 bits per heavy atom. The van der Waals surface area contributed by atoms with E-state index < -0.39 is 0 Å². The van der Waals surface area contributed by atoms with Crippen LogP contribution in [0.5, 0.6) is 0 Å². The molecule has 0 aromatic carbocycles. The van der Waals surface area contributed by atoms with E-state index >= 15 is 0 Å². The first-order valence-electron chi connectivity index (χ1n) is 5.52. The molecule has 0 aliphatic rings. The van der Waals surface area contributed by atoms with Crippen LogP contribution in [0.4, 0.5) is 5.82 Å². The van der Waals surface area contributed by atoms with Crippen LogP contribution in [0.2, 0.25) is 0 Å². The highest BCUT2D eigenvalue weighted by Crippen LogP contribution is 2.11. The monoisotopic (exact) mass is 210 g/mol. The summed E-state index contributed by atoms with van der Waals surface area (Å²) in [5.41, 5.74) is 0. The number of nitrogens with zero attached hydrogens (tertiary/aromatic N) is 4. The zero-order chi connectivity index (χ0) is 11.3. The van der Waals surface area contributed by atoms with Gasteiger partial charge in [0.2, 0.25) is 0 Å². The Hall–Kier alpha value is -1.03. The maximum absolute atomic E-state index is 4.34.